The highest BCUT2D eigenvalue weighted by atomic mass is 32.2. The van der Waals surface area contributed by atoms with Crippen molar-refractivity contribution in [1.82, 2.24) is 8.87 Å². The van der Waals surface area contributed by atoms with Crippen molar-refractivity contribution < 1.29 is 27.1 Å². The number of hydrogen-bond donors (Lipinski definition) is 0. The second-order valence-electron chi connectivity index (χ2n) is 6.69. The molecular formula is C20H25FN2O5S. The number of benzene rings is 1. The standard InChI is InChI=1S/C20H25FN2O5S/c1-7-23(29(26,27)16-10-8-15(21)9-11-16)14(4)19(24)17-12(2)18(20(25)28-6)22(5)13(17)3/h8-11,14H,7H2,1-6H3/t14-/m0/s1. The number of halogens is 1. The van der Waals surface area contributed by atoms with Crippen molar-refractivity contribution >= 4 is 21.8 Å². The van der Waals surface area contributed by atoms with Crippen molar-refractivity contribution in [2.24, 2.45) is 7.05 Å². The van der Waals surface area contributed by atoms with E-state index in [1.54, 1.807) is 32.4 Å². The molecule has 0 unspecified atom stereocenters. The summed E-state index contributed by atoms with van der Waals surface area (Å²) in [4.78, 5) is 25.2. The summed E-state index contributed by atoms with van der Waals surface area (Å²) in [6.07, 6.45) is 0. The van der Waals surface area contributed by atoms with E-state index in [2.05, 4.69) is 0 Å². The third-order valence-corrected chi connectivity index (χ3v) is 7.16. The van der Waals surface area contributed by atoms with E-state index in [4.69, 9.17) is 4.74 Å². The average molecular weight is 424 g/mol. The summed E-state index contributed by atoms with van der Waals surface area (Å²) in [5.41, 5.74) is 1.50. The minimum Gasteiger partial charge on any atom is -0.464 e. The zero-order chi connectivity index (χ0) is 22.1. The number of sulfonamides is 1. The predicted molar refractivity (Wildman–Crippen MR) is 106 cm³/mol. The number of nitrogens with zero attached hydrogens (tertiary/aromatic N) is 2. The van der Waals surface area contributed by atoms with Gasteiger partial charge < -0.3 is 9.30 Å². The molecule has 0 spiro atoms. The minimum absolute atomic E-state index is 0.0431. The maximum absolute atomic E-state index is 13.3. The van der Waals surface area contributed by atoms with Crippen LogP contribution < -0.4 is 0 Å². The fourth-order valence-corrected chi connectivity index (χ4v) is 5.06. The monoisotopic (exact) mass is 424 g/mol. The summed E-state index contributed by atoms with van der Waals surface area (Å²) < 4.78 is 46.6. The summed E-state index contributed by atoms with van der Waals surface area (Å²) in [6, 6.07) is 3.42. The van der Waals surface area contributed by atoms with Gasteiger partial charge in [0.2, 0.25) is 10.0 Å². The molecule has 0 bridgehead atoms. The number of carbonyl (C=O) groups excluding carboxylic acids is 2. The highest BCUT2D eigenvalue weighted by Crippen LogP contribution is 2.26. The Morgan fingerprint density at radius 2 is 1.76 bits per heavy atom. The van der Waals surface area contributed by atoms with E-state index in [-0.39, 0.29) is 22.7 Å². The van der Waals surface area contributed by atoms with Crippen molar-refractivity contribution in [2.75, 3.05) is 13.7 Å². The molecule has 2 aromatic rings. The van der Waals surface area contributed by atoms with E-state index in [0.717, 1.165) is 16.4 Å². The lowest BCUT2D eigenvalue weighted by molar-refractivity contribution is 0.0588. The smallest absolute Gasteiger partial charge is 0.354 e. The molecule has 0 amide bonds. The summed E-state index contributed by atoms with van der Waals surface area (Å²) in [5, 5.41) is 0. The Hall–Kier alpha value is -2.52. The first-order valence-corrected chi connectivity index (χ1v) is 10.5. The molecule has 7 nitrogen and oxygen atoms in total. The molecular weight excluding hydrogens is 399 g/mol. The number of ether oxygens (including phenoxy) is 1. The average Bonchev–Trinajstić information content (AvgIpc) is 2.90. The zero-order valence-electron chi connectivity index (χ0n) is 17.3. The number of esters is 1. The van der Waals surface area contributed by atoms with Gasteiger partial charge in [0, 0.05) is 24.8 Å². The van der Waals surface area contributed by atoms with Crippen LogP contribution in [0.3, 0.4) is 0 Å². The van der Waals surface area contributed by atoms with Crippen LogP contribution >= 0.6 is 0 Å². The van der Waals surface area contributed by atoms with Crippen molar-refractivity contribution in [1.29, 1.82) is 0 Å². The Kier molecular flexibility index (Phi) is 6.64. The van der Waals surface area contributed by atoms with Gasteiger partial charge in [-0.1, -0.05) is 6.92 Å². The third kappa shape index (κ3) is 3.97. The van der Waals surface area contributed by atoms with Crippen LogP contribution in [0.15, 0.2) is 29.2 Å². The van der Waals surface area contributed by atoms with Crippen LogP contribution in [0, 0.1) is 19.7 Å². The number of likely N-dealkylation sites (N-methyl/N-ethyl adjacent to an activating group) is 1. The van der Waals surface area contributed by atoms with Crippen molar-refractivity contribution in [3.63, 3.8) is 0 Å². The lowest BCUT2D eigenvalue weighted by Crippen LogP contribution is -2.43. The van der Waals surface area contributed by atoms with Gasteiger partial charge in [0.1, 0.15) is 11.5 Å². The lowest BCUT2D eigenvalue weighted by Gasteiger charge is -2.26. The first-order valence-electron chi connectivity index (χ1n) is 9.04. The Balaban J connectivity index is 2.50. The van der Waals surface area contributed by atoms with Crippen molar-refractivity contribution in [2.45, 2.75) is 38.6 Å². The van der Waals surface area contributed by atoms with E-state index in [0.29, 0.717) is 11.3 Å². The van der Waals surface area contributed by atoms with Gasteiger partial charge in [-0.2, -0.15) is 4.31 Å². The van der Waals surface area contributed by atoms with Crippen LogP contribution in [-0.4, -0.2) is 48.7 Å². The number of rotatable bonds is 7. The molecule has 9 heteroatoms. The molecule has 158 valence electrons. The van der Waals surface area contributed by atoms with Gasteiger partial charge in [0.25, 0.3) is 0 Å². The number of methoxy groups -OCH3 is 1. The number of aromatic nitrogens is 1. The van der Waals surface area contributed by atoms with Gasteiger partial charge in [-0.3, -0.25) is 4.79 Å². The maximum atomic E-state index is 13.3. The highest BCUT2D eigenvalue weighted by Gasteiger charge is 2.35. The van der Waals surface area contributed by atoms with Gasteiger partial charge in [-0.05, 0) is 50.6 Å². The number of carbonyl (C=O) groups is 2. The Labute approximate surface area is 170 Å². The molecule has 1 heterocycles. The Morgan fingerprint density at radius 3 is 2.24 bits per heavy atom. The molecule has 0 aliphatic heterocycles. The van der Waals surface area contributed by atoms with Gasteiger partial charge in [-0.25, -0.2) is 17.6 Å². The molecule has 0 aliphatic carbocycles. The normalized spacial score (nSPS) is 12.8. The number of Topliss-reactive ketones (excluding diaryl/α,β-unsaturated/α-hetero) is 1. The third-order valence-electron chi connectivity index (χ3n) is 5.10. The molecule has 2 rings (SSSR count). The topological polar surface area (TPSA) is 85.7 Å². The van der Waals surface area contributed by atoms with E-state index in [1.165, 1.54) is 26.2 Å². The molecule has 0 radical (unpaired) electrons. The van der Waals surface area contributed by atoms with Crippen LogP contribution in [-0.2, 0) is 21.8 Å². The van der Waals surface area contributed by atoms with E-state index in [9.17, 15) is 22.4 Å². The molecule has 0 saturated carbocycles. The molecule has 1 atom stereocenters. The molecule has 0 fully saturated rings. The van der Waals surface area contributed by atoms with Gasteiger partial charge in [0.15, 0.2) is 5.78 Å². The largest absolute Gasteiger partial charge is 0.464 e. The summed E-state index contributed by atoms with van der Waals surface area (Å²) in [7, 11) is -1.13. The Morgan fingerprint density at radius 1 is 1.21 bits per heavy atom. The molecule has 0 aliphatic rings. The van der Waals surface area contributed by atoms with Gasteiger partial charge >= 0.3 is 5.97 Å². The second kappa shape index (κ2) is 8.46. The predicted octanol–water partition coefficient (Wildman–Crippen LogP) is 2.85. The van der Waals surface area contributed by atoms with Crippen molar-refractivity contribution in [3.05, 3.63) is 52.6 Å². The Bertz CT molecular complexity index is 1040. The van der Waals surface area contributed by atoms with Crippen LogP contribution in [0.5, 0.6) is 0 Å². The SMILES string of the molecule is CCN([C@@H](C)C(=O)c1c(C)c(C(=O)OC)n(C)c1C)S(=O)(=O)c1ccc(F)cc1. The van der Waals surface area contributed by atoms with Crippen LogP contribution in [0.1, 0.15) is 46.0 Å². The second-order valence-corrected chi connectivity index (χ2v) is 8.58. The van der Waals surface area contributed by atoms with Gasteiger partial charge in [0.05, 0.1) is 18.0 Å². The number of ketones is 1. The first kappa shape index (κ1) is 22.8. The van der Waals surface area contributed by atoms with Gasteiger partial charge in [-0.15, -0.1) is 0 Å². The fraction of sp³-hybridized carbons (Fsp3) is 0.400. The molecule has 29 heavy (non-hydrogen) atoms. The molecule has 1 aromatic heterocycles. The molecule has 0 saturated heterocycles. The van der Waals surface area contributed by atoms with E-state index >= 15 is 0 Å². The van der Waals surface area contributed by atoms with Crippen LogP contribution in [0.25, 0.3) is 0 Å². The lowest BCUT2D eigenvalue weighted by atomic mass is 10.0. The maximum Gasteiger partial charge on any atom is 0.354 e. The summed E-state index contributed by atoms with van der Waals surface area (Å²) >= 11 is 0. The highest BCUT2D eigenvalue weighted by molar-refractivity contribution is 7.89. The van der Waals surface area contributed by atoms with E-state index in [1.807, 2.05) is 0 Å². The zero-order valence-corrected chi connectivity index (χ0v) is 18.1. The van der Waals surface area contributed by atoms with Crippen LogP contribution in [0.2, 0.25) is 0 Å². The van der Waals surface area contributed by atoms with Crippen molar-refractivity contribution in [3.8, 4) is 0 Å². The quantitative estimate of drug-likeness (QED) is 0.504. The van der Waals surface area contributed by atoms with Crippen LogP contribution in [0.4, 0.5) is 4.39 Å². The first-order chi connectivity index (χ1) is 13.5. The summed E-state index contributed by atoms with van der Waals surface area (Å²) in [5.74, 6) is -1.56. The fourth-order valence-electron chi connectivity index (χ4n) is 3.46. The number of hydrogen-bond acceptors (Lipinski definition) is 5. The minimum atomic E-state index is -4.02. The molecule has 1 aromatic carbocycles. The van der Waals surface area contributed by atoms with E-state index < -0.39 is 33.6 Å². The summed E-state index contributed by atoms with van der Waals surface area (Å²) in [6.45, 7) is 6.47. The molecule has 0 N–H and O–H groups in total.